The number of hydrogen-bond donors (Lipinski definition) is 1. The van der Waals surface area contributed by atoms with Gasteiger partial charge >= 0.3 is 0 Å². The Kier molecular flexibility index (Phi) is 3.92. The molecule has 0 spiro atoms. The molecule has 3 aliphatic rings. The molecule has 3 unspecified atom stereocenters. The van der Waals surface area contributed by atoms with E-state index < -0.39 is 0 Å². The molecule has 2 fully saturated rings. The normalized spacial score (nSPS) is 26.2. The molecule has 0 radical (unpaired) electrons. The van der Waals surface area contributed by atoms with E-state index in [-0.39, 0.29) is 5.91 Å². The van der Waals surface area contributed by atoms with Crippen LogP contribution in [0.2, 0.25) is 0 Å². The number of fused-ring (bicyclic) bond motifs is 3. The number of nitrogens with one attached hydrogen (secondary N) is 1. The zero-order valence-electron chi connectivity index (χ0n) is 15.0. The van der Waals surface area contributed by atoms with Crippen LogP contribution < -0.4 is 5.32 Å². The number of carbonyl (C=O) groups is 1. The van der Waals surface area contributed by atoms with Crippen LogP contribution in [0.1, 0.15) is 46.7 Å². The van der Waals surface area contributed by atoms with E-state index in [2.05, 4.69) is 34.6 Å². The lowest BCUT2D eigenvalue weighted by Crippen LogP contribution is -2.36. The summed E-state index contributed by atoms with van der Waals surface area (Å²) in [7, 11) is 0. The van der Waals surface area contributed by atoms with Crippen LogP contribution in [0.4, 0.5) is 5.82 Å². The van der Waals surface area contributed by atoms with Crippen LogP contribution in [-0.2, 0) is 6.42 Å². The minimum atomic E-state index is 0.127. The molecule has 4 heteroatoms. The highest BCUT2D eigenvalue weighted by Crippen LogP contribution is 2.61. The van der Waals surface area contributed by atoms with Crippen molar-refractivity contribution in [1.29, 1.82) is 0 Å². The highest BCUT2D eigenvalue weighted by molar-refractivity contribution is 5.98. The van der Waals surface area contributed by atoms with Gasteiger partial charge in [-0.05, 0) is 66.7 Å². The van der Waals surface area contributed by atoms with Crippen LogP contribution in [0.5, 0.6) is 0 Å². The van der Waals surface area contributed by atoms with E-state index in [1.54, 1.807) is 6.20 Å². The summed E-state index contributed by atoms with van der Waals surface area (Å²) in [6.45, 7) is 2.65. The smallest absolute Gasteiger partial charge is 0.257 e. The van der Waals surface area contributed by atoms with Gasteiger partial charge in [-0.2, -0.15) is 0 Å². The Labute approximate surface area is 154 Å². The summed E-state index contributed by atoms with van der Waals surface area (Å²) in [5.41, 5.74) is 3.79. The number of pyridine rings is 1. The minimum absolute atomic E-state index is 0.127. The molecule has 4 nitrogen and oxygen atoms in total. The second-order valence-corrected chi connectivity index (χ2v) is 7.89. The first-order valence-corrected chi connectivity index (χ1v) is 9.89. The van der Waals surface area contributed by atoms with Gasteiger partial charge in [0, 0.05) is 25.8 Å². The average molecular weight is 347 g/mol. The van der Waals surface area contributed by atoms with E-state index in [1.807, 2.05) is 17.0 Å². The van der Waals surface area contributed by atoms with Gasteiger partial charge in [-0.1, -0.05) is 24.3 Å². The third kappa shape index (κ3) is 2.68. The van der Waals surface area contributed by atoms with Crippen molar-refractivity contribution in [3.63, 3.8) is 0 Å². The highest BCUT2D eigenvalue weighted by Gasteiger charge is 2.54. The Hall–Kier alpha value is -2.36. The molecule has 2 aromatic rings. The summed E-state index contributed by atoms with van der Waals surface area (Å²) in [5.74, 6) is 3.02. The number of carbonyl (C=O) groups excluding carboxylic acids is 1. The molecule has 1 amide bonds. The molecule has 5 rings (SSSR count). The third-order valence-corrected chi connectivity index (χ3v) is 6.39. The van der Waals surface area contributed by atoms with Crippen LogP contribution in [-0.4, -0.2) is 35.4 Å². The fraction of sp³-hybridized carbons (Fsp3) is 0.455. The van der Waals surface area contributed by atoms with Crippen molar-refractivity contribution in [2.75, 3.05) is 25.0 Å². The van der Waals surface area contributed by atoms with E-state index in [9.17, 15) is 4.79 Å². The minimum Gasteiger partial charge on any atom is -0.369 e. The Morgan fingerprint density at radius 2 is 1.96 bits per heavy atom. The molecular weight excluding hydrogens is 322 g/mol. The van der Waals surface area contributed by atoms with Gasteiger partial charge in [-0.3, -0.25) is 4.79 Å². The van der Waals surface area contributed by atoms with Crippen LogP contribution in [0.3, 0.4) is 0 Å². The predicted molar refractivity (Wildman–Crippen MR) is 102 cm³/mol. The van der Waals surface area contributed by atoms with E-state index >= 15 is 0 Å². The lowest BCUT2D eigenvalue weighted by Gasteiger charge is -2.27. The van der Waals surface area contributed by atoms with E-state index in [4.69, 9.17) is 0 Å². The fourth-order valence-corrected chi connectivity index (χ4v) is 4.96. The number of hydrogen-bond acceptors (Lipinski definition) is 3. The van der Waals surface area contributed by atoms with Crippen molar-refractivity contribution in [2.24, 2.45) is 11.8 Å². The Morgan fingerprint density at radius 1 is 1.12 bits per heavy atom. The number of likely N-dealkylation sites (tertiary alicyclic amines) is 1. The van der Waals surface area contributed by atoms with Crippen molar-refractivity contribution in [3.05, 3.63) is 59.3 Å². The average Bonchev–Trinajstić information content (AvgIpc) is 3.24. The molecule has 1 aliphatic heterocycles. The van der Waals surface area contributed by atoms with Gasteiger partial charge in [0.2, 0.25) is 0 Å². The van der Waals surface area contributed by atoms with Crippen molar-refractivity contribution in [1.82, 2.24) is 9.88 Å². The van der Waals surface area contributed by atoms with Crippen LogP contribution in [0.25, 0.3) is 0 Å². The van der Waals surface area contributed by atoms with Crippen molar-refractivity contribution in [3.8, 4) is 0 Å². The number of benzene rings is 1. The molecule has 1 saturated carbocycles. The largest absolute Gasteiger partial charge is 0.369 e. The number of anilines is 1. The van der Waals surface area contributed by atoms with Gasteiger partial charge in [0.25, 0.3) is 5.91 Å². The van der Waals surface area contributed by atoms with Crippen LogP contribution >= 0.6 is 0 Å². The van der Waals surface area contributed by atoms with Gasteiger partial charge in [0.15, 0.2) is 0 Å². The van der Waals surface area contributed by atoms with E-state index in [0.29, 0.717) is 11.8 Å². The first kappa shape index (κ1) is 15.9. The number of amides is 1. The van der Waals surface area contributed by atoms with Crippen molar-refractivity contribution in [2.45, 2.75) is 31.6 Å². The molecule has 26 heavy (non-hydrogen) atoms. The molecule has 134 valence electrons. The SMILES string of the molecule is O=C(c1cccnc1NCC1C2Cc3ccccc3C12)N1CCCCC1. The molecule has 0 bridgehead atoms. The van der Waals surface area contributed by atoms with Gasteiger partial charge in [-0.25, -0.2) is 4.98 Å². The number of nitrogens with zero attached hydrogens (tertiary/aromatic N) is 2. The maximum atomic E-state index is 12.9. The molecule has 3 atom stereocenters. The van der Waals surface area contributed by atoms with Crippen LogP contribution in [0, 0.1) is 11.8 Å². The zero-order chi connectivity index (χ0) is 17.5. The summed E-state index contributed by atoms with van der Waals surface area (Å²) in [6, 6.07) is 12.6. The Morgan fingerprint density at radius 3 is 2.85 bits per heavy atom. The standard InChI is InChI=1S/C22H25N3O/c26-22(25-11-4-1-5-12-25)17-9-6-10-23-21(17)24-14-19-18-13-15-7-2-3-8-16(15)20(18)19/h2-3,6-10,18-20H,1,4-5,11-14H2,(H,23,24). The molecule has 1 N–H and O–H groups in total. The fourth-order valence-electron chi connectivity index (χ4n) is 4.96. The third-order valence-electron chi connectivity index (χ3n) is 6.39. The van der Waals surface area contributed by atoms with Gasteiger partial charge in [0.05, 0.1) is 5.56 Å². The quantitative estimate of drug-likeness (QED) is 0.917. The van der Waals surface area contributed by atoms with E-state index in [0.717, 1.165) is 49.8 Å². The van der Waals surface area contributed by atoms with Crippen molar-refractivity contribution >= 4 is 11.7 Å². The number of rotatable bonds is 4. The Balaban J connectivity index is 1.27. The van der Waals surface area contributed by atoms with Gasteiger partial charge < -0.3 is 10.2 Å². The second-order valence-electron chi connectivity index (χ2n) is 7.89. The molecule has 2 aliphatic carbocycles. The first-order chi connectivity index (χ1) is 12.8. The van der Waals surface area contributed by atoms with Crippen molar-refractivity contribution < 1.29 is 4.79 Å². The van der Waals surface area contributed by atoms with Crippen LogP contribution in [0.15, 0.2) is 42.6 Å². The number of aromatic nitrogens is 1. The topological polar surface area (TPSA) is 45.2 Å². The number of piperidine rings is 1. The van der Waals surface area contributed by atoms with E-state index in [1.165, 1.54) is 24.0 Å². The second kappa shape index (κ2) is 6.42. The zero-order valence-corrected chi connectivity index (χ0v) is 15.0. The first-order valence-electron chi connectivity index (χ1n) is 9.89. The summed E-state index contributed by atoms with van der Waals surface area (Å²) in [4.78, 5) is 19.3. The maximum Gasteiger partial charge on any atom is 0.257 e. The summed E-state index contributed by atoms with van der Waals surface area (Å²) in [6.07, 6.45) is 6.43. The maximum absolute atomic E-state index is 12.9. The summed E-state index contributed by atoms with van der Waals surface area (Å²) in [5, 5.41) is 3.50. The molecule has 1 aromatic heterocycles. The van der Waals surface area contributed by atoms with Gasteiger partial charge in [-0.15, -0.1) is 0 Å². The summed E-state index contributed by atoms with van der Waals surface area (Å²) >= 11 is 0. The Bertz CT molecular complexity index is 828. The lowest BCUT2D eigenvalue weighted by atomic mass is 10.0. The molecule has 1 aromatic carbocycles. The molecule has 1 saturated heterocycles. The lowest BCUT2D eigenvalue weighted by molar-refractivity contribution is 0.0725. The predicted octanol–water partition coefficient (Wildman–Crippen LogP) is 3.71. The molecule has 2 heterocycles. The highest BCUT2D eigenvalue weighted by atomic mass is 16.2. The summed E-state index contributed by atoms with van der Waals surface area (Å²) < 4.78 is 0. The molecular formula is C22H25N3O. The van der Waals surface area contributed by atoms with Gasteiger partial charge in [0.1, 0.15) is 5.82 Å². The monoisotopic (exact) mass is 347 g/mol.